The number of benzene rings is 2. The van der Waals surface area contributed by atoms with Gasteiger partial charge in [-0.25, -0.2) is 8.78 Å². The molecule has 1 atom stereocenters. The number of amides is 1. The van der Waals surface area contributed by atoms with E-state index in [1.807, 2.05) is 12.1 Å². The molecule has 3 aromatic rings. The summed E-state index contributed by atoms with van der Waals surface area (Å²) < 4.78 is 34.2. The fraction of sp³-hybridized carbons (Fsp3) is 0.200. The second-order valence-electron chi connectivity index (χ2n) is 6.47. The molecule has 2 aromatic carbocycles. The van der Waals surface area contributed by atoms with Crippen molar-refractivity contribution in [1.29, 1.82) is 0 Å². The highest BCUT2D eigenvalue weighted by molar-refractivity contribution is 6.30. The second kappa shape index (κ2) is 7.69. The van der Waals surface area contributed by atoms with Crippen LogP contribution in [0.1, 0.15) is 33.4 Å². The lowest BCUT2D eigenvalue weighted by molar-refractivity contribution is -0.00119. The molecule has 2 heterocycles. The van der Waals surface area contributed by atoms with Crippen molar-refractivity contribution in [3.05, 3.63) is 87.7 Å². The van der Waals surface area contributed by atoms with E-state index in [0.29, 0.717) is 18.2 Å². The maximum atomic E-state index is 13.7. The molecule has 1 aliphatic rings. The lowest BCUT2D eigenvalue weighted by Gasteiger charge is -2.24. The Morgan fingerprint density at radius 1 is 1.21 bits per heavy atom. The van der Waals surface area contributed by atoms with Gasteiger partial charge in [0.15, 0.2) is 5.69 Å². The normalized spacial score (nSPS) is 15.9. The van der Waals surface area contributed by atoms with E-state index in [1.54, 1.807) is 22.9 Å². The van der Waals surface area contributed by atoms with E-state index in [9.17, 15) is 13.6 Å². The highest BCUT2D eigenvalue weighted by atomic mass is 35.5. The molecule has 1 unspecified atom stereocenters. The largest absolute Gasteiger partial charge is 0.365 e. The van der Waals surface area contributed by atoms with Gasteiger partial charge in [-0.1, -0.05) is 29.8 Å². The Labute approximate surface area is 164 Å². The number of carbonyl (C=O) groups is 1. The summed E-state index contributed by atoms with van der Waals surface area (Å²) in [6.45, 7) is 0.730. The summed E-state index contributed by atoms with van der Waals surface area (Å²) in [6.07, 6.45) is -0.186. The number of nitrogens with one attached hydrogen (secondary N) is 1. The number of hydrogen-bond acceptors (Lipinski definition) is 3. The summed E-state index contributed by atoms with van der Waals surface area (Å²) in [5, 5.41) is 7.59. The molecule has 5 nitrogen and oxygen atoms in total. The summed E-state index contributed by atoms with van der Waals surface area (Å²) in [6, 6.07) is 12.3. The molecule has 1 N–H and O–H groups in total. The lowest BCUT2D eigenvalue weighted by Crippen LogP contribution is -2.24. The Balaban J connectivity index is 1.43. The fourth-order valence-electron chi connectivity index (χ4n) is 3.05. The van der Waals surface area contributed by atoms with Gasteiger partial charge in [-0.05, 0) is 29.8 Å². The molecule has 1 aromatic heterocycles. The first-order valence-corrected chi connectivity index (χ1v) is 9.03. The third-order valence-electron chi connectivity index (χ3n) is 4.56. The van der Waals surface area contributed by atoms with E-state index < -0.39 is 17.5 Å². The number of hydrogen-bond donors (Lipinski definition) is 1. The number of halogens is 3. The molecule has 0 fully saturated rings. The zero-order chi connectivity index (χ0) is 19.7. The summed E-state index contributed by atoms with van der Waals surface area (Å²) >= 11 is 5.92. The van der Waals surface area contributed by atoms with E-state index in [1.165, 1.54) is 6.07 Å². The average molecular weight is 404 g/mol. The third-order valence-corrected chi connectivity index (χ3v) is 4.82. The van der Waals surface area contributed by atoms with Gasteiger partial charge < -0.3 is 10.1 Å². The van der Waals surface area contributed by atoms with Crippen molar-refractivity contribution in [2.45, 2.75) is 25.8 Å². The topological polar surface area (TPSA) is 56.2 Å². The Bertz CT molecular complexity index is 1020. The molecule has 0 spiro atoms. The zero-order valence-corrected chi connectivity index (χ0v) is 15.4. The predicted octanol–water partition coefficient (Wildman–Crippen LogP) is 4.02. The highest BCUT2D eigenvalue weighted by Gasteiger charge is 2.24. The minimum absolute atomic E-state index is 0.0585. The van der Waals surface area contributed by atoms with E-state index >= 15 is 0 Å². The molecule has 8 heteroatoms. The average Bonchev–Trinajstić information content (AvgIpc) is 3.11. The molecule has 28 heavy (non-hydrogen) atoms. The van der Waals surface area contributed by atoms with Crippen molar-refractivity contribution in [2.24, 2.45) is 0 Å². The molecule has 0 radical (unpaired) electrons. The molecule has 0 saturated carbocycles. The molecule has 4 rings (SSSR count). The van der Waals surface area contributed by atoms with Gasteiger partial charge in [0, 0.05) is 23.2 Å². The number of aromatic nitrogens is 2. The zero-order valence-electron chi connectivity index (χ0n) is 14.7. The maximum absolute atomic E-state index is 13.7. The first-order valence-electron chi connectivity index (χ1n) is 8.65. The van der Waals surface area contributed by atoms with Crippen molar-refractivity contribution >= 4 is 17.5 Å². The first-order chi connectivity index (χ1) is 13.5. The van der Waals surface area contributed by atoms with Gasteiger partial charge in [0.1, 0.15) is 17.7 Å². The molecule has 1 amide bonds. The van der Waals surface area contributed by atoms with Crippen LogP contribution in [0.5, 0.6) is 0 Å². The lowest BCUT2D eigenvalue weighted by atomic mass is 10.1. The van der Waals surface area contributed by atoms with E-state index in [-0.39, 0.29) is 23.9 Å². The Hall–Kier alpha value is -2.77. The van der Waals surface area contributed by atoms with Crippen LogP contribution in [0.25, 0.3) is 0 Å². The van der Waals surface area contributed by atoms with Crippen LogP contribution in [0.2, 0.25) is 5.02 Å². The first kappa shape index (κ1) is 18.6. The summed E-state index contributed by atoms with van der Waals surface area (Å²) in [5.41, 5.74) is 2.18. The second-order valence-corrected chi connectivity index (χ2v) is 6.91. The Kier molecular flexibility index (Phi) is 5.11. The van der Waals surface area contributed by atoms with Crippen LogP contribution in [0.3, 0.4) is 0 Å². The van der Waals surface area contributed by atoms with E-state index in [4.69, 9.17) is 16.3 Å². The number of nitrogens with zero attached hydrogens (tertiary/aromatic N) is 2. The highest BCUT2D eigenvalue weighted by Crippen LogP contribution is 2.27. The molecular weight excluding hydrogens is 388 g/mol. The Morgan fingerprint density at radius 2 is 2.00 bits per heavy atom. The van der Waals surface area contributed by atoms with Crippen LogP contribution in [0.4, 0.5) is 8.78 Å². The van der Waals surface area contributed by atoms with Gasteiger partial charge in [0.05, 0.1) is 18.8 Å². The van der Waals surface area contributed by atoms with Crippen LogP contribution in [0, 0.1) is 11.6 Å². The van der Waals surface area contributed by atoms with Gasteiger partial charge in [-0.15, -0.1) is 0 Å². The number of rotatable bonds is 4. The Morgan fingerprint density at radius 3 is 2.75 bits per heavy atom. The third kappa shape index (κ3) is 3.90. The van der Waals surface area contributed by atoms with Crippen LogP contribution in [-0.2, 0) is 24.4 Å². The minimum Gasteiger partial charge on any atom is -0.365 e. The molecule has 1 aliphatic heterocycles. The van der Waals surface area contributed by atoms with Crippen LogP contribution in [-0.4, -0.2) is 15.7 Å². The van der Waals surface area contributed by atoms with Crippen molar-refractivity contribution in [3.8, 4) is 0 Å². The fourth-order valence-corrected chi connectivity index (χ4v) is 3.17. The number of carbonyl (C=O) groups excluding carboxylic acids is 1. The quantitative estimate of drug-likeness (QED) is 0.716. The van der Waals surface area contributed by atoms with E-state index in [2.05, 4.69) is 10.4 Å². The van der Waals surface area contributed by atoms with Crippen molar-refractivity contribution in [2.75, 3.05) is 0 Å². The summed E-state index contributed by atoms with van der Waals surface area (Å²) in [4.78, 5) is 12.4. The van der Waals surface area contributed by atoms with Gasteiger partial charge in [0.25, 0.3) is 5.91 Å². The van der Waals surface area contributed by atoms with Crippen molar-refractivity contribution in [3.63, 3.8) is 0 Å². The van der Waals surface area contributed by atoms with E-state index in [0.717, 1.165) is 23.4 Å². The van der Waals surface area contributed by atoms with Gasteiger partial charge >= 0.3 is 0 Å². The summed E-state index contributed by atoms with van der Waals surface area (Å²) in [7, 11) is 0. The number of ether oxygens (including phenoxy) is 1. The van der Waals surface area contributed by atoms with Crippen LogP contribution < -0.4 is 5.32 Å². The molecule has 0 bridgehead atoms. The molecular formula is C20H16ClF2N3O2. The SMILES string of the molecule is O=C(NCc1ccc(F)cc1F)c1cc2n(n1)CC(c1ccc(Cl)cc1)OC2. The van der Waals surface area contributed by atoms with Crippen LogP contribution in [0.15, 0.2) is 48.5 Å². The van der Waals surface area contributed by atoms with Crippen molar-refractivity contribution in [1.82, 2.24) is 15.1 Å². The van der Waals surface area contributed by atoms with Crippen molar-refractivity contribution < 1.29 is 18.3 Å². The standard InChI is InChI=1S/C20H16ClF2N3O2/c21-14-4-1-12(2-5-14)19-10-26-16(11-28-19)8-18(25-26)20(27)24-9-13-3-6-15(22)7-17(13)23/h1-8,19H,9-11H2,(H,24,27). The van der Waals surface area contributed by atoms with Gasteiger partial charge in [-0.3, -0.25) is 9.48 Å². The smallest absolute Gasteiger partial charge is 0.272 e. The number of fused-ring (bicyclic) bond motifs is 1. The summed E-state index contributed by atoms with van der Waals surface area (Å²) in [5.74, 6) is -1.80. The monoisotopic (exact) mass is 403 g/mol. The molecule has 0 saturated heterocycles. The van der Waals surface area contributed by atoms with Gasteiger partial charge in [0.2, 0.25) is 0 Å². The maximum Gasteiger partial charge on any atom is 0.272 e. The van der Waals surface area contributed by atoms with Crippen LogP contribution >= 0.6 is 11.6 Å². The molecule has 0 aliphatic carbocycles. The predicted molar refractivity (Wildman–Crippen MR) is 98.7 cm³/mol. The molecule has 144 valence electrons. The minimum atomic E-state index is -0.705. The van der Waals surface area contributed by atoms with Gasteiger partial charge in [-0.2, -0.15) is 5.10 Å².